The van der Waals surface area contributed by atoms with E-state index in [4.69, 9.17) is 0 Å². The monoisotopic (exact) mass is 394 g/mol. The van der Waals surface area contributed by atoms with Gasteiger partial charge in [0.25, 0.3) is 0 Å². The van der Waals surface area contributed by atoms with Crippen LogP contribution in [0.15, 0.2) is 22.9 Å². The molecule has 11 heteroatoms. The topological polar surface area (TPSA) is 59.0 Å². The number of anilines is 1. The van der Waals surface area contributed by atoms with Gasteiger partial charge in [-0.2, -0.15) is 22.0 Å². The first-order chi connectivity index (χ1) is 12.1. The van der Waals surface area contributed by atoms with Gasteiger partial charge in [-0.15, -0.1) is 11.3 Å². The number of hydrogen-bond donors (Lipinski definition) is 0. The van der Waals surface area contributed by atoms with E-state index in [2.05, 4.69) is 9.99 Å². The van der Waals surface area contributed by atoms with E-state index in [9.17, 15) is 31.5 Å². The number of halogens is 5. The molecule has 0 unspecified atom stereocenters. The van der Waals surface area contributed by atoms with Gasteiger partial charge in [0.1, 0.15) is 5.78 Å². The molecule has 26 heavy (non-hydrogen) atoms. The van der Waals surface area contributed by atoms with E-state index in [1.165, 1.54) is 6.07 Å². The lowest BCUT2D eigenvalue weighted by Gasteiger charge is -2.26. The molecule has 0 saturated carbocycles. The van der Waals surface area contributed by atoms with Crippen LogP contribution in [0.3, 0.4) is 0 Å². The Morgan fingerprint density at radius 1 is 1.12 bits per heavy atom. The zero-order valence-electron chi connectivity index (χ0n) is 13.0. The van der Waals surface area contributed by atoms with Crippen LogP contribution in [0.25, 0.3) is 6.08 Å². The Hall–Kier alpha value is -2.30. The van der Waals surface area contributed by atoms with Crippen molar-refractivity contribution >= 4 is 39.9 Å². The molecular weight excluding hydrogens is 383 g/mol. The van der Waals surface area contributed by atoms with Gasteiger partial charge < -0.3 is 9.74 Å². The largest absolute Gasteiger partial charge is 0.459 e. The Morgan fingerprint density at radius 2 is 1.77 bits per heavy atom. The van der Waals surface area contributed by atoms with Gasteiger partial charge in [-0.25, -0.2) is 4.79 Å². The van der Waals surface area contributed by atoms with Crippen LogP contribution in [-0.2, 0) is 14.4 Å². The van der Waals surface area contributed by atoms with Crippen molar-refractivity contribution in [2.75, 3.05) is 18.0 Å². The van der Waals surface area contributed by atoms with Crippen LogP contribution in [0.1, 0.15) is 17.7 Å². The lowest BCUT2D eigenvalue weighted by molar-refractivity contribution is -0.249. The Labute approximate surface area is 147 Å². The van der Waals surface area contributed by atoms with Crippen LogP contribution in [0, 0.1) is 0 Å². The number of hydrogen-bond acceptors (Lipinski definition) is 6. The number of nitrogens with zero attached hydrogens (tertiary/aromatic N) is 2. The normalized spacial score (nSPS) is 20.6. The first-order valence-corrected chi connectivity index (χ1v) is 8.24. The summed E-state index contributed by atoms with van der Waals surface area (Å²) in [4.78, 5) is 29.0. The van der Waals surface area contributed by atoms with Gasteiger partial charge in [-0.1, -0.05) is 5.16 Å². The third kappa shape index (κ3) is 3.35. The van der Waals surface area contributed by atoms with E-state index in [0.717, 1.165) is 22.4 Å². The summed E-state index contributed by atoms with van der Waals surface area (Å²) >= 11 is 1.10. The van der Waals surface area contributed by atoms with Crippen molar-refractivity contribution in [1.82, 2.24) is 0 Å². The molecule has 3 rings (SSSR count). The number of ketones is 1. The number of alkyl halides is 5. The number of oxime groups is 1. The first-order valence-electron chi connectivity index (χ1n) is 7.42. The van der Waals surface area contributed by atoms with Gasteiger partial charge in [0.15, 0.2) is 5.71 Å². The van der Waals surface area contributed by atoms with Crippen molar-refractivity contribution in [3.8, 4) is 0 Å². The molecule has 5 nitrogen and oxygen atoms in total. The van der Waals surface area contributed by atoms with Crippen LogP contribution in [0.4, 0.5) is 27.0 Å². The van der Waals surface area contributed by atoms with Gasteiger partial charge in [-0.3, -0.25) is 4.79 Å². The zero-order chi connectivity index (χ0) is 19.1. The number of carbonyl (C=O) groups excluding carboxylic acids is 2. The van der Waals surface area contributed by atoms with Crippen molar-refractivity contribution < 1.29 is 36.4 Å². The molecule has 140 valence electrons. The maximum absolute atomic E-state index is 13.5. The third-order valence-electron chi connectivity index (χ3n) is 3.88. The summed E-state index contributed by atoms with van der Waals surface area (Å²) in [6.07, 6.45) is -4.23. The smallest absolute Gasteiger partial charge is 0.363 e. The minimum Gasteiger partial charge on any atom is -0.363 e. The second kappa shape index (κ2) is 6.45. The average Bonchev–Trinajstić information content (AvgIpc) is 3.15. The molecule has 0 atom stereocenters. The van der Waals surface area contributed by atoms with Gasteiger partial charge in [-0.05, 0) is 18.2 Å². The Kier molecular flexibility index (Phi) is 4.59. The highest BCUT2D eigenvalue weighted by molar-refractivity contribution is 7.17. The number of Topliss-reactive ketones (excluding diaryl/α,β-unsaturated/α-hetero) is 1. The SMILES string of the molecule is O=C1CCN(c2ccc(/C=C3\C(=O)ON=C3C(F)(F)C(F)(F)F)s2)CC1. The maximum Gasteiger partial charge on any atom is 0.459 e. The molecule has 1 aromatic heterocycles. The number of thiophene rings is 1. The molecule has 0 aromatic carbocycles. The highest BCUT2D eigenvalue weighted by Crippen LogP contribution is 2.41. The van der Waals surface area contributed by atoms with E-state index in [-0.39, 0.29) is 10.7 Å². The molecule has 0 amide bonds. The zero-order valence-corrected chi connectivity index (χ0v) is 13.8. The lowest BCUT2D eigenvalue weighted by Crippen LogP contribution is -2.44. The fourth-order valence-corrected chi connectivity index (χ4v) is 3.48. The summed E-state index contributed by atoms with van der Waals surface area (Å²) in [6, 6.07) is 3.13. The van der Waals surface area contributed by atoms with Gasteiger partial charge in [0.2, 0.25) is 0 Å². The minimum absolute atomic E-state index is 0.143. The van der Waals surface area contributed by atoms with E-state index in [0.29, 0.717) is 25.9 Å². The van der Waals surface area contributed by atoms with Crippen molar-refractivity contribution in [3.05, 3.63) is 22.6 Å². The van der Waals surface area contributed by atoms with Crippen LogP contribution in [0.5, 0.6) is 0 Å². The number of piperidine rings is 1. The molecule has 0 radical (unpaired) electrons. The summed E-state index contributed by atoms with van der Waals surface area (Å²) in [5.74, 6) is -6.54. The molecule has 3 heterocycles. The summed E-state index contributed by atoms with van der Waals surface area (Å²) in [5, 5.41) is 3.34. The molecule has 1 aromatic rings. The number of rotatable bonds is 3. The van der Waals surface area contributed by atoms with Gasteiger partial charge in [0.05, 0.1) is 10.6 Å². The van der Waals surface area contributed by atoms with Crippen molar-refractivity contribution in [3.63, 3.8) is 0 Å². The van der Waals surface area contributed by atoms with Crippen LogP contribution in [0.2, 0.25) is 0 Å². The average molecular weight is 394 g/mol. The molecule has 0 N–H and O–H groups in total. The van der Waals surface area contributed by atoms with Crippen LogP contribution >= 0.6 is 11.3 Å². The quantitative estimate of drug-likeness (QED) is 0.448. The van der Waals surface area contributed by atoms with E-state index in [1.807, 2.05) is 4.90 Å². The highest BCUT2D eigenvalue weighted by Gasteiger charge is 2.64. The van der Waals surface area contributed by atoms with E-state index in [1.54, 1.807) is 6.07 Å². The predicted octanol–water partition coefficient (Wildman–Crippen LogP) is 3.41. The van der Waals surface area contributed by atoms with Crippen LogP contribution < -0.4 is 4.90 Å². The summed E-state index contributed by atoms with van der Waals surface area (Å²) in [5.41, 5.74) is -2.69. The predicted molar refractivity (Wildman–Crippen MR) is 83.3 cm³/mol. The summed E-state index contributed by atoms with van der Waals surface area (Å²) < 4.78 is 64.7. The molecule has 1 fully saturated rings. The van der Waals surface area contributed by atoms with Crippen LogP contribution in [-0.4, -0.2) is 42.7 Å². The molecular formula is C15H11F5N2O3S. The fourth-order valence-electron chi connectivity index (χ4n) is 2.48. The van der Waals surface area contributed by atoms with Crippen molar-refractivity contribution in [1.29, 1.82) is 0 Å². The van der Waals surface area contributed by atoms with Gasteiger partial charge >= 0.3 is 18.1 Å². The second-order valence-electron chi connectivity index (χ2n) is 5.65. The van der Waals surface area contributed by atoms with E-state index < -0.39 is 29.4 Å². The molecule has 0 spiro atoms. The molecule has 2 aliphatic rings. The fraction of sp³-hybridized carbons (Fsp3) is 0.400. The Morgan fingerprint density at radius 3 is 2.38 bits per heavy atom. The van der Waals surface area contributed by atoms with Gasteiger partial charge in [0, 0.05) is 30.8 Å². The summed E-state index contributed by atoms with van der Waals surface area (Å²) in [6.45, 7) is 0.993. The molecule has 0 bridgehead atoms. The maximum atomic E-state index is 13.5. The second-order valence-corrected chi connectivity index (χ2v) is 6.74. The molecule has 0 aliphatic carbocycles. The first kappa shape index (κ1) is 18.5. The molecule has 2 aliphatic heterocycles. The van der Waals surface area contributed by atoms with Crippen molar-refractivity contribution in [2.45, 2.75) is 24.9 Å². The standard InChI is InChI=1S/C15H11F5N2O3S/c16-14(17,15(18,19)20)12-10(13(24)25-21-12)7-9-1-2-11(26-9)22-5-3-8(23)4-6-22/h1-2,7H,3-6H2/b10-7-. The Bertz CT molecular complexity index is 802. The molecule has 1 saturated heterocycles. The Balaban J connectivity index is 1.86. The minimum atomic E-state index is -5.90. The lowest BCUT2D eigenvalue weighted by atomic mass is 10.0. The van der Waals surface area contributed by atoms with Crippen molar-refractivity contribution in [2.24, 2.45) is 5.16 Å². The third-order valence-corrected chi connectivity index (χ3v) is 4.97. The highest BCUT2D eigenvalue weighted by atomic mass is 32.1. The van der Waals surface area contributed by atoms with E-state index >= 15 is 0 Å². The number of carbonyl (C=O) groups is 2. The summed E-state index contributed by atoms with van der Waals surface area (Å²) in [7, 11) is 0.